The van der Waals surface area contributed by atoms with E-state index in [1.54, 1.807) is 0 Å². The highest BCUT2D eigenvalue weighted by Gasteiger charge is 2.14. The lowest BCUT2D eigenvalue weighted by molar-refractivity contribution is 0.0168. The van der Waals surface area contributed by atoms with Gasteiger partial charge >= 0.3 is 0 Å². The molecule has 7 heteroatoms. The quantitative estimate of drug-likeness (QED) is 0.352. The van der Waals surface area contributed by atoms with Gasteiger partial charge in [0.25, 0.3) is 0 Å². The fourth-order valence-electron chi connectivity index (χ4n) is 3.33. The zero-order valence-corrected chi connectivity index (χ0v) is 16.9. The van der Waals surface area contributed by atoms with Crippen molar-refractivity contribution in [3.63, 3.8) is 0 Å². The predicted molar refractivity (Wildman–Crippen MR) is 113 cm³/mol. The normalized spacial score (nSPS) is 17.3. The summed E-state index contributed by atoms with van der Waals surface area (Å²) in [6, 6.07) is 8.22. The van der Waals surface area contributed by atoms with E-state index in [9.17, 15) is 0 Å². The third-order valence-corrected chi connectivity index (χ3v) is 4.78. The highest BCUT2D eigenvalue weighted by molar-refractivity contribution is 5.79. The van der Waals surface area contributed by atoms with Gasteiger partial charge in [0.05, 0.1) is 30.1 Å². The number of para-hydroxylation sites is 2. The second-order valence-electron chi connectivity index (χ2n) is 7.03. The molecular weight excluding hydrogens is 354 g/mol. The van der Waals surface area contributed by atoms with E-state index in [0.717, 1.165) is 83.2 Å². The first kappa shape index (κ1) is 20.6. The number of ether oxygens (including phenoxy) is 2. The van der Waals surface area contributed by atoms with Gasteiger partial charge in [0.15, 0.2) is 5.96 Å². The Morgan fingerprint density at radius 1 is 1.32 bits per heavy atom. The van der Waals surface area contributed by atoms with Gasteiger partial charge in [-0.15, -0.1) is 0 Å². The number of imidazole rings is 1. The lowest BCUT2D eigenvalue weighted by atomic mass is 10.2. The molecule has 1 unspecified atom stereocenters. The first-order chi connectivity index (χ1) is 13.9. The highest BCUT2D eigenvalue weighted by Crippen LogP contribution is 2.12. The Morgan fingerprint density at radius 2 is 2.25 bits per heavy atom. The van der Waals surface area contributed by atoms with Crippen molar-refractivity contribution in [2.75, 3.05) is 39.5 Å². The standard InChI is InChI=1S/C21H33N5O2/c1-2-22-21(24-12-7-14-27-16-18-8-5-15-28-18)23-11-6-13-26-17-25-19-9-3-4-10-20(19)26/h3-4,9-10,17-18H,2,5-8,11-16H2,1H3,(H2,22,23,24). The number of rotatable bonds is 11. The summed E-state index contributed by atoms with van der Waals surface area (Å²) in [5.74, 6) is 0.872. The van der Waals surface area contributed by atoms with E-state index in [1.165, 1.54) is 5.52 Å². The van der Waals surface area contributed by atoms with Crippen LogP contribution in [-0.2, 0) is 16.0 Å². The molecule has 0 bridgehead atoms. The molecule has 1 atom stereocenters. The van der Waals surface area contributed by atoms with Crippen LogP contribution < -0.4 is 10.6 Å². The summed E-state index contributed by atoms with van der Waals surface area (Å²) in [6.07, 6.45) is 6.44. The molecule has 2 N–H and O–H groups in total. The first-order valence-electron chi connectivity index (χ1n) is 10.5. The molecule has 0 amide bonds. The molecule has 1 fully saturated rings. The van der Waals surface area contributed by atoms with Crippen molar-refractivity contribution in [2.24, 2.45) is 4.99 Å². The van der Waals surface area contributed by atoms with Crippen LogP contribution in [0.1, 0.15) is 32.6 Å². The fourth-order valence-corrected chi connectivity index (χ4v) is 3.33. The number of nitrogens with zero attached hydrogens (tertiary/aromatic N) is 3. The maximum atomic E-state index is 5.70. The van der Waals surface area contributed by atoms with Crippen molar-refractivity contribution in [3.05, 3.63) is 30.6 Å². The molecule has 1 aromatic heterocycles. The molecule has 0 aliphatic carbocycles. The van der Waals surface area contributed by atoms with Gasteiger partial charge in [-0.3, -0.25) is 4.99 Å². The molecule has 28 heavy (non-hydrogen) atoms. The number of aryl methyl sites for hydroxylation is 1. The van der Waals surface area contributed by atoms with Gasteiger partial charge in [-0.1, -0.05) is 12.1 Å². The topological polar surface area (TPSA) is 72.7 Å². The van der Waals surface area contributed by atoms with Crippen molar-refractivity contribution in [3.8, 4) is 0 Å². The van der Waals surface area contributed by atoms with E-state index < -0.39 is 0 Å². The monoisotopic (exact) mass is 387 g/mol. The third-order valence-electron chi connectivity index (χ3n) is 4.78. The number of fused-ring (bicyclic) bond motifs is 1. The van der Waals surface area contributed by atoms with Crippen LogP contribution in [0.4, 0.5) is 0 Å². The number of nitrogens with one attached hydrogen (secondary N) is 2. The van der Waals surface area contributed by atoms with Crippen LogP contribution in [-0.4, -0.2) is 61.1 Å². The summed E-state index contributed by atoms with van der Waals surface area (Å²) in [5.41, 5.74) is 2.22. The van der Waals surface area contributed by atoms with E-state index in [4.69, 9.17) is 9.47 Å². The van der Waals surface area contributed by atoms with Gasteiger partial charge in [-0.2, -0.15) is 0 Å². The van der Waals surface area contributed by atoms with E-state index in [0.29, 0.717) is 6.10 Å². The summed E-state index contributed by atoms with van der Waals surface area (Å²) >= 11 is 0. The van der Waals surface area contributed by atoms with Crippen LogP contribution in [0.25, 0.3) is 11.0 Å². The van der Waals surface area contributed by atoms with Crippen molar-refractivity contribution in [1.29, 1.82) is 0 Å². The van der Waals surface area contributed by atoms with E-state index in [1.807, 2.05) is 18.5 Å². The SMILES string of the molecule is CCNC(=NCCCn1cnc2ccccc21)NCCCOCC1CCCO1. The molecule has 0 saturated carbocycles. The van der Waals surface area contributed by atoms with Gasteiger partial charge < -0.3 is 24.7 Å². The molecule has 3 rings (SSSR count). The Hall–Kier alpha value is -2.12. The number of aromatic nitrogens is 2. The van der Waals surface area contributed by atoms with Crippen molar-refractivity contribution >= 4 is 17.0 Å². The average Bonchev–Trinajstić information content (AvgIpc) is 3.38. The van der Waals surface area contributed by atoms with Crippen LogP contribution >= 0.6 is 0 Å². The summed E-state index contributed by atoms with van der Waals surface area (Å²) in [5, 5.41) is 6.68. The van der Waals surface area contributed by atoms with E-state index >= 15 is 0 Å². The summed E-state index contributed by atoms with van der Waals surface area (Å²) in [7, 11) is 0. The molecule has 1 saturated heterocycles. The molecular formula is C21H33N5O2. The van der Waals surface area contributed by atoms with Crippen molar-refractivity contribution < 1.29 is 9.47 Å². The van der Waals surface area contributed by atoms with Gasteiger partial charge in [0.2, 0.25) is 0 Å². The molecule has 2 heterocycles. The molecule has 154 valence electrons. The lowest BCUT2D eigenvalue weighted by Gasteiger charge is -2.12. The fraction of sp³-hybridized carbons (Fsp3) is 0.619. The van der Waals surface area contributed by atoms with Crippen LogP contribution in [0.5, 0.6) is 0 Å². The summed E-state index contributed by atoms with van der Waals surface area (Å²) in [6.45, 7) is 7.83. The Balaban J connectivity index is 1.31. The Bertz CT molecular complexity index is 724. The smallest absolute Gasteiger partial charge is 0.191 e. The zero-order valence-electron chi connectivity index (χ0n) is 16.9. The number of benzene rings is 1. The second kappa shape index (κ2) is 11.7. The number of hydrogen-bond donors (Lipinski definition) is 2. The number of hydrogen-bond acceptors (Lipinski definition) is 4. The van der Waals surface area contributed by atoms with Crippen LogP contribution in [0.2, 0.25) is 0 Å². The maximum absolute atomic E-state index is 5.70. The zero-order chi connectivity index (χ0) is 19.4. The van der Waals surface area contributed by atoms with Gasteiger partial charge in [0.1, 0.15) is 0 Å². The van der Waals surface area contributed by atoms with Crippen LogP contribution in [0, 0.1) is 0 Å². The Morgan fingerprint density at radius 3 is 3.11 bits per heavy atom. The lowest BCUT2D eigenvalue weighted by Crippen LogP contribution is -2.38. The van der Waals surface area contributed by atoms with Gasteiger partial charge in [-0.25, -0.2) is 4.98 Å². The summed E-state index contributed by atoms with van der Waals surface area (Å²) < 4.78 is 13.5. The molecule has 2 aromatic rings. The minimum Gasteiger partial charge on any atom is -0.379 e. The van der Waals surface area contributed by atoms with Crippen LogP contribution in [0.3, 0.4) is 0 Å². The number of guanidine groups is 1. The third kappa shape index (κ3) is 6.49. The van der Waals surface area contributed by atoms with Crippen molar-refractivity contribution in [1.82, 2.24) is 20.2 Å². The largest absolute Gasteiger partial charge is 0.379 e. The Labute approximate surface area is 167 Å². The predicted octanol–water partition coefficient (Wildman–Crippen LogP) is 2.57. The average molecular weight is 388 g/mol. The Kier molecular flexibility index (Phi) is 8.58. The van der Waals surface area contributed by atoms with E-state index in [-0.39, 0.29) is 0 Å². The molecule has 1 aliphatic heterocycles. The number of aliphatic imine (C=N–C) groups is 1. The summed E-state index contributed by atoms with van der Waals surface area (Å²) in [4.78, 5) is 9.11. The van der Waals surface area contributed by atoms with Crippen LogP contribution in [0.15, 0.2) is 35.6 Å². The van der Waals surface area contributed by atoms with Gasteiger partial charge in [-0.05, 0) is 44.7 Å². The minimum absolute atomic E-state index is 0.305. The van der Waals surface area contributed by atoms with Gasteiger partial charge in [0, 0.05) is 39.4 Å². The molecule has 1 aromatic carbocycles. The molecule has 7 nitrogen and oxygen atoms in total. The second-order valence-corrected chi connectivity index (χ2v) is 7.03. The molecule has 0 radical (unpaired) electrons. The molecule has 1 aliphatic rings. The maximum Gasteiger partial charge on any atom is 0.191 e. The first-order valence-corrected chi connectivity index (χ1v) is 10.5. The highest BCUT2D eigenvalue weighted by atomic mass is 16.5. The van der Waals surface area contributed by atoms with E-state index in [2.05, 4.69) is 44.2 Å². The molecule has 0 spiro atoms. The minimum atomic E-state index is 0.305. The van der Waals surface area contributed by atoms with Crippen molar-refractivity contribution in [2.45, 2.75) is 45.3 Å².